The SMILES string of the molecule is Cc1cc(Br)ccc1Nc1cc(-c2ccncc2)nc(NCCCN(C)C)n1. The maximum atomic E-state index is 4.69. The first-order chi connectivity index (χ1) is 13.5. The first kappa shape index (κ1) is 20.2. The molecule has 0 radical (unpaired) electrons. The minimum Gasteiger partial charge on any atom is -0.354 e. The zero-order chi connectivity index (χ0) is 19.9. The van der Waals surface area contributed by atoms with E-state index in [1.54, 1.807) is 12.4 Å². The van der Waals surface area contributed by atoms with Crippen molar-refractivity contribution in [2.45, 2.75) is 13.3 Å². The monoisotopic (exact) mass is 440 g/mol. The number of nitrogens with zero attached hydrogens (tertiary/aromatic N) is 4. The second-order valence-electron chi connectivity index (χ2n) is 6.87. The van der Waals surface area contributed by atoms with E-state index < -0.39 is 0 Å². The number of aryl methyl sites for hydroxylation is 1. The summed E-state index contributed by atoms with van der Waals surface area (Å²) >= 11 is 3.51. The van der Waals surface area contributed by atoms with E-state index in [1.807, 2.05) is 30.3 Å². The van der Waals surface area contributed by atoms with Crippen molar-refractivity contribution < 1.29 is 0 Å². The van der Waals surface area contributed by atoms with Crippen molar-refractivity contribution >= 4 is 33.4 Å². The largest absolute Gasteiger partial charge is 0.354 e. The molecule has 0 aliphatic rings. The molecule has 0 unspecified atom stereocenters. The average Bonchev–Trinajstić information content (AvgIpc) is 2.68. The molecule has 0 saturated carbocycles. The van der Waals surface area contributed by atoms with Crippen LogP contribution in [0.25, 0.3) is 11.3 Å². The Bertz CT molecular complexity index is 914. The average molecular weight is 441 g/mol. The molecule has 3 aromatic rings. The van der Waals surface area contributed by atoms with Gasteiger partial charge in [-0.3, -0.25) is 4.98 Å². The second kappa shape index (κ2) is 9.61. The quantitative estimate of drug-likeness (QED) is 0.494. The minimum absolute atomic E-state index is 0.616. The lowest BCUT2D eigenvalue weighted by molar-refractivity contribution is 0.405. The molecule has 0 saturated heterocycles. The van der Waals surface area contributed by atoms with Crippen molar-refractivity contribution in [2.75, 3.05) is 37.8 Å². The fourth-order valence-electron chi connectivity index (χ4n) is 2.76. The summed E-state index contributed by atoms with van der Waals surface area (Å²) in [4.78, 5) is 15.6. The zero-order valence-electron chi connectivity index (χ0n) is 16.4. The third kappa shape index (κ3) is 5.74. The van der Waals surface area contributed by atoms with E-state index in [9.17, 15) is 0 Å². The van der Waals surface area contributed by atoms with Crippen LogP contribution in [0.15, 0.2) is 53.3 Å². The molecule has 2 heterocycles. The summed E-state index contributed by atoms with van der Waals surface area (Å²) in [6.45, 7) is 3.90. The highest BCUT2D eigenvalue weighted by atomic mass is 79.9. The fourth-order valence-corrected chi connectivity index (χ4v) is 3.24. The summed E-state index contributed by atoms with van der Waals surface area (Å²) in [7, 11) is 4.15. The van der Waals surface area contributed by atoms with E-state index in [2.05, 4.69) is 73.5 Å². The lowest BCUT2D eigenvalue weighted by Gasteiger charge is -2.14. The lowest BCUT2D eigenvalue weighted by Crippen LogP contribution is -2.17. The third-order valence-electron chi connectivity index (χ3n) is 4.22. The number of halogens is 1. The topological polar surface area (TPSA) is 66.0 Å². The van der Waals surface area contributed by atoms with Crippen LogP contribution in [-0.2, 0) is 0 Å². The van der Waals surface area contributed by atoms with E-state index in [0.717, 1.165) is 52.3 Å². The van der Waals surface area contributed by atoms with E-state index >= 15 is 0 Å². The molecule has 0 fully saturated rings. The van der Waals surface area contributed by atoms with E-state index in [1.165, 1.54) is 0 Å². The maximum absolute atomic E-state index is 4.69. The van der Waals surface area contributed by atoms with Crippen LogP contribution in [0, 0.1) is 6.92 Å². The number of anilines is 3. The lowest BCUT2D eigenvalue weighted by atomic mass is 10.2. The summed E-state index contributed by atoms with van der Waals surface area (Å²) in [6, 6.07) is 12.0. The summed E-state index contributed by atoms with van der Waals surface area (Å²) < 4.78 is 1.05. The van der Waals surface area contributed by atoms with Crippen LogP contribution in [0.2, 0.25) is 0 Å². The fraction of sp³-hybridized carbons (Fsp3) is 0.286. The molecule has 0 bridgehead atoms. The van der Waals surface area contributed by atoms with Crippen LogP contribution in [-0.4, -0.2) is 47.0 Å². The number of hydrogen-bond acceptors (Lipinski definition) is 6. The van der Waals surface area contributed by atoms with Gasteiger partial charge in [0.2, 0.25) is 5.95 Å². The van der Waals surface area contributed by atoms with Crippen LogP contribution in [0.1, 0.15) is 12.0 Å². The van der Waals surface area contributed by atoms with Gasteiger partial charge in [0.25, 0.3) is 0 Å². The molecule has 2 N–H and O–H groups in total. The number of aromatic nitrogens is 3. The number of hydrogen-bond donors (Lipinski definition) is 2. The molecule has 0 aliphatic carbocycles. The van der Waals surface area contributed by atoms with Crippen molar-refractivity contribution in [1.82, 2.24) is 19.9 Å². The summed E-state index contributed by atoms with van der Waals surface area (Å²) in [5.41, 5.74) is 4.01. The van der Waals surface area contributed by atoms with Gasteiger partial charge in [0.15, 0.2) is 0 Å². The normalized spacial score (nSPS) is 10.9. The van der Waals surface area contributed by atoms with Gasteiger partial charge in [0.1, 0.15) is 5.82 Å². The van der Waals surface area contributed by atoms with Gasteiger partial charge in [-0.25, -0.2) is 4.98 Å². The van der Waals surface area contributed by atoms with Crippen molar-refractivity contribution in [3.63, 3.8) is 0 Å². The molecule has 0 atom stereocenters. The van der Waals surface area contributed by atoms with Gasteiger partial charge >= 0.3 is 0 Å². The number of benzene rings is 1. The van der Waals surface area contributed by atoms with Crippen molar-refractivity contribution in [1.29, 1.82) is 0 Å². The predicted octanol–water partition coefficient (Wildman–Crippen LogP) is 4.72. The first-order valence-corrected chi connectivity index (χ1v) is 10.0. The first-order valence-electron chi connectivity index (χ1n) is 9.22. The Morgan fingerprint density at radius 2 is 1.82 bits per heavy atom. The Labute approximate surface area is 174 Å². The standard InChI is InChI=1S/C21H25BrN6/c1-15-13-17(22)5-6-18(15)25-20-14-19(16-7-10-23-11-8-16)26-21(27-20)24-9-4-12-28(2)3/h5-8,10-11,13-14H,4,9,12H2,1-3H3,(H2,24,25,26,27). The Hall–Kier alpha value is -2.51. The molecule has 6 nitrogen and oxygen atoms in total. The van der Waals surface area contributed by atoms with Crippen LogP contribution in [0.3, 0.4) is 0 Å². The molecule has 1 aromatic carbocycles. The third-order valence-corrected chi connectivity index (χ3v) is 4.71. The second-order valence-corrected chi connectivity index (χ2v) is 7.78. The molecule has 28 heavy (non-hydrogen) atoms. The predicted molar refractivity (Wildman–Crippen MR) is 119 cm³/mol. The molecular weight excluding hydrogens is 416 g/mol. The highest BCUT2D eigenvalue weighted by molar-refractivity contribution is 9.10. The molecule has 7 heteroatoms. The summed E-state index contributed by atoms with van der Waals surface area (Å²) in [6.07, 6.45) is 4.56. The summed E-state index contributed by atoms with van der Waals surface area (Å²) in [5.74, 6) is 1.37. The van der Waals surface area contributed by atoms with Gasteiger partial charge in [-0.1, -0.05) is 15.9 Å². The van der Waals surface area contributed by atoms with Crippen LogP contribution < -0.4 is 10.6 Å². The van der Waals surface area contributed by atoms with Gasteiger partial charge in [0.05, 0.1) is 5.69 Å². The zero-order valence-corrected chi connectivity index (χ0v) is 18.0. The van der Waals surface area contributed by atoms with Gasteiger partial charge in [-0.05, 0) is 69.9 Å². The molecule has 146 valence electrons. The molecule has 2 aromatic heterocycles. The van der Waals surface area contributed by atoms with Crippen molar-refractivity contribution in [3.8, 4) is 11.3 Å². The number of nitrogens with one attached hydrogen (secondary N) is 2. The van der Waals surface area contributed by atoms with Crippen LogP contribution in [0.5, 0.6) is 0 Å². The number of rotatable bonds is 8. The number of pyridine rings is 1. The Morgan fingerprint density at radius 3 is 2.54 bits per heavy atom. The molecule has 0 spiro atoms. The van der Waals surface area contributed by atoms with Gasteiger partial charge in [-0.2, -0.15) is 4.98 Å². The Balaban J connectivity index is 1.86. The molecule has 0 aliphatic heterocycles. The molecule has 3 rings (SSSR count). The van der Waals surface area contributed by atoms with E-state index in [4.69, 9.17) is 0 Å². The highest BCUT2D eigenvalue weighted by Gasteiger charge is 2.08. The van der Waals surface area contributed by atoms with E-state index in [-0.39, 0.29) is 0 Å². The Kier molecular flexibility index (Phi) is 6.95. The smallest absolute Gasteiger partial charge is 0.225 e. The van der Waals surface area contributed by atoms with Crippen molar-refractivity contribution in [3.05, 3.63) is 58.8 Å². The van der Waals surface area contributed by atoms with Crippen LogP contribution >= 0.6 is 15.9 Å². The molecule has 0 amide bonds. The van der Waals surface area contributed by atoms with E-state index in [0.29, 0.717) is 5.95 Å². The van der Waals surface area contributed by atoms with Gasteiger partial charge in [-0.15, -0.1) is 0 Å². The summed E-state index contributed by atoms with van der Waals surface area (Å²) in [5, 5.41) is 6.77. The minimum atomic E-state index is 0.616. The highest BCUT2D eigenvalue weighted by Crippen LogP contribution is 2.26. The maximum Gasteiger partial charge on any atom is 0.225 e. The molecular formula is C21H25BrN6. The van der Waals surface area contributed by atoms with Gasteiger partial charge in [0, 0.05) is 40.7 Å². The van der Waals surface area contributed by atoms with Crippen molar-refractivity contribution in [2.24, 2.45) is 0 Å². The van der Waals surface area contributed by atoms with Crippen LogP contribution in [0.4, 0.5) is 17.5 Å². The Morgan fingerprint density at radius 1 is 1.04 bits per heavy atom. The van der Waals surface area contributed by atoms with Gasteiger partial charge < -0.3 is 15.5 Å².